The number of nitriles is 1. The zero-order valence-corrected chi connectivity index (χ0v) is 13.0. The highest BCUT2D eigenvalue weighted by molar-refractivity contribution is 5.62. The van der Waals surface area contributed by atoms with E-state index >= 15 is 0 Å². The average molecular weight is 310 g/mol. The molecule has 23 heavy (non-hydrogen) atoms. The van der Waals surface area contributed by atoms with E-state index in [9.17, 15) is 4.79 Å². The largest absolute Gasteiger partial charge is 0.497 e. The minimum Gasteiger partial charge on any atom is -0.497 e. The second-order valence-electron chi connectivity index (χ2n) is 5.53. The van der Waals surface area contributed by atoms with E-state index in [0.29, 0.717) is 6.54 Å². The van der Waals surface area contributed by atoms with Crippen molar-refractivity contribution in [1.29, 1.82) is 5.26 Å². The van der Waals surface area contributed by atoms with E-state index in [2.05, 4.69) is 0 Å². The normalized spacial score (nSPS) is 17.0. The molecule has 0 bridgehead atoms. The molecule has 3 rings (SSSR count). The second-order valence-corrected chi connectivity index (χ2v) is 5.53. The molecule has 2 heterocycles. The maximum atomic E-state index is 12.6. The van der Waals surface area contributed by atoms with Crippen molar-refractivity contribution >= 4 is 0 Å². The maximum absolute atomic E-state index is 12.6. The average Bonchev–Trinajstić information content (AvgIpc) is 3.10. The number of benzene rings is 1. The summed E-state index contributed by atoms with van der Waals surface area (Å²) in [5.74, 6) is 0.725. The summed E-state index contributed by atoms with van der Waals surface area (Å²) in [6.07, 6.45) is 1.96. The molecule has 118 valence electrons. The van der Waals surface area contributed by atoms with Gasteiger partial charge in [-0.05, 0) is 37.1 Å². The Bertz CT molecular complexity index is 799. The quantitative estimate of drug-likeness (QED) is 0.870. The molecule has 5 nitrogen and oxygen atoms in total. The lowest BCUT2D eigenvalue weighted by Crippen LogP contribution is -2.29. The van der Waals surface area contributed by atoms with Gasteiger partial charge in [0.25, 0.3) is 5.56 Å². The number of methoxy groups -OCH3 is 1. The summed E-state index contributed by atoms with van der Waals surface area (Å²) in [4.78, 5) is 12.6. The first-order valence-electron chi connectivity index (χ1n) is 7.63. The summed E-state index contributed by atoms with van der Waals surface area (Å²) in [5.41, 5.74) is 1.52. The summed E-state index contributed by atoms with van der Waals surface area (Å²) in [6.45, 7) is 1.19. The van der Waals surface area contributed by atoms with Crippen molar-refractivity contribution in [3.8, 4) is 23.1 Å². The van der Waals surface area contributed by atoms with Gasteiger partial charge in [0.1, 0.15) is 17.4 Å². The number of aromatic nitrogens is 1. The smallest absolute Gasteiger partial charge is 0.269 e. The van der Waals surface area contributed by atoms with Crippen molar-refractivity contribution in [1.82, 2.24) is 4.57 Å². The van der Waals surface area contributed by atoms with Gasteiger partial charge in [-0.1, -0.05) is 12.1 Å². The molecule has 1 aromatic heterocycles. The van der Waals surface area contributed by atoms with Gasteiger partial charge in [0.15, 0.2) is 0 Å². The van der Waals surface area contributed by atoms with Crippen molar-refractivity contribution in [2.24, 2.45) is 0 Å². The molecule has 1 unspecified atom stereocenters. The van der Waals surface area contributed by atoms with Crippen molar-refractivity contribution in [2.45, 2.75) is 25.5 Å². The van der Waals surface area contributed by atoms with Crippen LogP contribution in [0.3, 0.4) is 0 Å². The lowest BCUT2D eigenvalue weighted by molar-refractivity contribution is 0.0965. The molecule has 5 heteroatoms. The SMILES string of the molecule is COc1cccc(-c2ccc(C#N)c(=O)n2CC2CCCO2)c1. The molecule has 1 saturated heterocycles. The van der Waals surface area contributed by atoms with Crippen LogP contribution in [-0.4, -0.2) is 24.4 Å². The third-order valence-electron chi connectivity index (χ3n) is 4.07. The molecule has 0 saturated carbocycles. The molecule has 0 aliphatic carbocycles. The number of hydrogen-bond acceptors (Lipinski definition) is 4. The van der Waals surface area contributed by atoms with Crippen LogP contribution < -0.4 is 10.3 Å². The van der Waals surface area contributed by atoms with Gasteiger partial charge in [0.05, 0.1) is 25.5 Å². The highest BCUT2D eigenvalue weighted by Gasteiger charge is 2.19. The van der Waals surface area contributed by atoms with Crippen LogP contribution in [0.5, 0.6) is 5.75 Å². The Morgan fingerprint density at radius 2 is 2.26 bits per heavy atom. The molecule has 1 atom stereocenters. The second kappa shape index (κ2) is 6.67. The maximum Gasteiger partial charge on any atom is 0.269 e. The van der Waals surface area contributed by atoms with Crippen LogP contribution in [0.25, 0.3) is 11.3 Å². The number of ether oxygens (including phenoxy) is 2. The van der Waals surface area contributed by atoms with Gasteiger partial charge in [-0.2, -0.15) is 5.26 Å². The van der Waals surface area contributed by atoms with Crippen LogP contribution in [0.4, 0.5) is 0 Å². The Kier molecular flexibility index (Phi) is 4.45. The van der Waals surface area contributed by atoms with Gasteiger partial charge < -0.3 is 14.0 Å². The highest BCUT2D eigenvalue weighted by Crippen LogP contribution is 2.24. The van der Waals surface area contributed by atoms with E-state index in [1.54, 1.807) is 17.7 Å². The molecular formula is C18H18N2O3. The van der Waals surface area contributed by atoms with Crippen LogP contribution in [0, 0.1) is 11.3 Å². The Balaban J connectivity index is 2.09. The van der Waals surface area contributed by atoms with E-state index < -0.39 is 0 Å². The number of rotatable bonds is 4. The molecule has 0 spiro atoms. The topological polar surface area (TPSA) is 64.2 Å². The Hall–Kier alpha value is -2.58. The van der Waals surface area contributed by atoms with Gasteiger partial charge in [-0.15, -0.1) is 0 Å². The number of nitrogens with zero attached hydrogens (tertiary/aromatic N) is 2. The van der Waals surface area contributed by atoms with E-state index in [0.717, 1.165) is 36.5 Å². The summed E-state index contributed by atoms with van der Waals surface area (Å²) in [7, 11) is 1.61. The molecule has 0 amide bonds. The zero-order chi connectivity index (χ0) is 16.2. The van der Waals surface area contributed by atoms with Gasteiger partial charge in [-0.25, -0.2) is 0 Å². The van der Waals surface area contributed by atoms with Crippen LogP contribution in [-0.2, 0) is 11.3 Å². The highest BCUT2D eigenvalue weighted by atomic mass is 16.5. The van der Waals surface area contributed by atoms with Crippen molar-refractivity contribution in [3.63, 3.8) is 0 Å². The van der Waals surface area contributed by atoms with E-state index in [-0.39, 0.29) is 17.2 Å². The Morgan fingerprint density at radius 1 is 1.39 bits per heavy atom. The van der Waals surface area contributed by atoms with Crippen LogP contribution in [0.1, 0.15) is 18.4 Å². The molecule has 1 aliphatic rings. The van der Waals surface area contributed by atoms with Gasteiger partial charge in [0.2, 0.25) is 0 Å². The molecule has 0 N–H and O–H groups in total. The number of hydrogen-bond donors (Lipinski definition) is 0. The van der Waals surface area contributed by atoms with E-state index in [1.165, 1.54) is 0 Å². The molecule has 2 aromatic rings. The predicted octanol–water partition coefficient (Wildman–Crippen LogP) is 2.57. The van der Waals surface area contributed by atoms with Crippen LogP contribution in [0.15, 0.2) is 41.2 Å². The minimum absolute atomic E-state index is 0.0194. The first kappa shape index (κ1) is 15.3. The first-order chi connectivity index (χ1) is 11.2. The van der Waals surface area contributed by atoms with E-state index in [4.69, 9.17) is 14.7 Å². The Morgan fingerprint density at radius 3 is 2.96 bits per heavy atom. The molecule has 1 aromatic carbocycles. The van der Waals surface area contributed by atoms with Crippen molar-refractivity contribution < 1.29 is 9.47 Å². The number of pyridine rings is 1. The Labute approximate surface area is 134 Å². The van der Waals surface area contributed by atoms with Crippen molar-refractivity contribution in [3.05, 3.63) is 52.3 Å². The molecule has 1 aliphatic heterocycles. The summed E-state index contributed by atoms with van der Waals surface area (Å²) >= 11 is 0. The van der Waals surface area contributed by atoms with Crippen molar-refractivity contribution in [2.75, 3.05) is 13.7 Å². The van der Waals surface area contributed by atoms with Crippen LogP contribution in [0.2, 0.25) is 0 Å². The summed E-state index contributed by atoms with van der Waals surface area (Å²) in [6, 6.07) is 12.9. The fourth-order valence-corrected chi connectivity index (χ4v) is 2.87. The lowest BCUT2D eigenvalue weighted by Gasteiger charge is -2.17. The predicted molar refractivity (Wildman–Crippen MR) is 86.4 cm³/mol. The van der Waals surface area contributed by atoms with Crippen LogP contribution >= 0.6 is 0 Å². The molecular weight excluding hydrogens is 292 g/mol. The third-order valence-corrected chi connectivity index (χ3v) is 4.07. The standard InChI is InChI=1S/C18H18N2O3/c1-22-15-5-2-4-13(10-15)17-8-7-14(11-19)18(21)20(17)12-16-6-3-9-23-16/h2,4-5,7-8,10,16H,3,6,9,12H2,1H3. The van der Waals surface area contributed by atoms with Gasteiger partial charge in [-0.3, -0.25) is 4.79 Å². The minimum atomic E-state index is -0.275. The monoisotopic (exact) mass is 310 g/mol. The summed E-state index contributed by atoms with van der Waals surface area (Å²) < 4.78 is 12.6. The molecule has 0 radical (unpaired) electrons. The zero-order valence-electron chi connectivity index (χ0n) is 13.0. The fraction of sp³-hybridized carbons (Fsp3) is 0.333. The molecule has 1 fully saturated rings. The van der Waals surface area contributed by atoms with Gasteiger partial charge in [0, 0.05) is 12.2 Å². The third kappa shape index (κ3) is 3.13. The lowest BCUT2D eigenvalue weighted by atomic mass is 10.1. The van der Waals surface area contributed by atoms with Gasteiger partial charge >= 0.3 is 0 Å². The van der Waals surface area contributed by atoms with E-state index in [1.807, 2.05) is 36.4 Å². The fourth-order valence-electron chi connectivity index (χ4n) is 2.87. The first-order valence-corrected chi connectivity index (χ1v) is 7.63. The summed E-state index contributed by atoms with van der Waals surface area (Å²) in [5, 5.41) is 9.13.